The van der Waals surface area contributed by atoms with Crippen LogP contribution in [-0.4, -0.2) is 53.0 Å². The molecule has 0 unspecified atom stereocenters. The summed E-state index contributed by atoms with van der Waals surface area (Å²) >= 11 is 0. The Labute approximate surface area is 193 Å². The quantitative estimate of drug-likeness (QED) is 0.667. The predicted octanol–water partition coefficient (Wildman–Crippen LogP) is 3.39. The highest BCUT2D eigenvalue weighted by Crippen LogP contribution is 2.38. The Bertz CT molecular complexity index is 1200. The number of likely N-dealkylation sites (tertiary alicyclic amines) is 1. The fourth-order valence-electron chi connectivity index (χ4n) is 4.77. The normalized spacial score (nSPS) is 18.1. The number of nitrogens with zero attached hydrogens (tertiary/aromatic N) is 3. The zero-order chi connectivity index (χ0) is 23.0. The van der Waals surface area contributed by atoms with E-state index in [1.54, 1.807) is 0 Å². The number of benzene rings is 2. The maximum absolute atomic E-state index is 13.6. The van der Waals surface area contributed by atoms with Gasteiger partial charge in [0.15, 0.2) is 0 Å². The number of fused-ring (bicyclic) bond motifs is 1. The first-order chi connectivity index (χ1) is 16.0. The second-order valence-electron chi connectivity index (χ2n) is 9.05. The molecule has 1 aromatic heterocycles. The van der Waals surface area contributed by atoms with Crippen LogP contribution in [0.1, 0.15) is 29.8 Å². The number of nitrogens with one attached hydrogen (secondary N) is 1. The third-order valence-electron chi connectivity index (χ3n) is 6.96. The lowest BCUT2D eigenvalue weighted by molar-refractivity contribution is -0.150. The highest BCUT2D eigenvalue weighted by atomic mass is 16.5. The van der Waals surface area contributed by atoms with Gasteiger partial charge in [-0.25, -0.2) is 9.97 Å². The summed E-state index contributed by atoms with van der Waals surface area (Å²) in [6, 6.07) is 15.5. The van der Waals surface area contributed by atoms with Gasteiger partial charge < -0.3 is 15.0 Å². The van der Waals surface area contributed by atoms with Gasteiger partial charge in [0.25, 0.3) is 0 Å². The number of ether oxygens (including phenoxy) is 1. The van der Waals surface area contributed by atoms with Crippen molar-refractivity contribution in [3.05, 3.63) is 65.5 Å². The van der Waals surface area contributed by atoms with E-state index < -0.39 is 5.41 Å². The maximum Gasteiger partial charge on any atom is 0.233 e. The molecule has 0 radical (unpaired) electrons. The second kappa shape index (κ2) is 8.56. The van der Waals surface area contributed by atoms with E-state index in [2.05, 4.69) is 15.3 Å². The summed E-state index contributed by atoms with van der Waals surface area (Å²) in [5.74, 6) is -0.188. The Morgan fingerprint density at radius 3 is 2.33 bits per heavy atom. The van der Waals surface area contributed by atoms with Crippen LogP contribution in [0, 0.1) is 19.8 Å². The van der Waals surface area contributed by atoms with Gasteiger partial charge in [-0.2, -0.15) is 0 Å². The van der Waals surface area contributed by atoms with Crippen molar-refractivity contribution in [1.29, 1.82) is 0 Å². The summed E-state index contributed by atoms with van der Waals surface area (Å²) in [4.78, 5) is 37.3. The van der Waals surface area contributed by atoms with Crippen molar-refractivity contribution in [3.8, 4) is 0 Å². The van der Waals surface area contributed by atoms with Gasteiger partial charge in [-0.1, -0.05) is 30.3 Å². The van der Waals surface area contributed by atoms with Gasteiger partial charge in [-0.3, -0.25) is 9.59 Å². The minimum absolute atomic E-state index is 0.0732. The van der Waals surface area contributed by atoms with E-state index in [0.29, 0.717) is 44.8 Å². The number of aryl methyl sites for hydroxylation is 2. The van der Waals surface area contributed by atoms with Crippen LogP contribution >= 0.6 is 0 Å². The van der Waals surface area contributed by atoms with E-state index in [0.717, 1.165) is 28.0 Å². The lowest BCUT2D eigenvalue weighted by Crippen LogP contribution is -2.60. The fourth-order valence-corrected chi connectivity index (χ4v) is 4.77. The summed E-state index contributed by atoms with van der Waals surface area (Å²) in [6.45, 7) is 5.87. The van der Waals surface area contributed by atoms with Crippen LogP contribution in [0.15, 0.2) is 48.5 Å². The van der Waals surface area contributed by atoms with E-state index in [4.69, 9.17) is 4.74 Å². The number of carbonyl (C=O) groups is 2. The number of aromatic nitrogens is 2. The molecule has 1 N–H and O–H groups in total. The number of anilines is 1. The van der Waals surface area contributed by atoms with E-state index >= 15 is 0 Å². The highest BCUT2D eigenvalue weighted by Gasteiger charge is 2.48. The molecular formula is C26H28N4O3. The molecule has 7 nitrogen and oxygen atoms in total. The SMILES string of the molecule is Cc1nc2ccc(NC(=O)C3CN(C(=O)C4(c5ccccc5)CCOCC4)C3)cc2nc1C. The standard InChI is InChI=1S/C26H28N4O3/c1-17-18(2)28-23-14-21(8-9-22(23)27-17)29-24(31)19-15-30(16-19)25(32)26(10-12-33-13-11-26)20-6-4-3-5-7-20/h3-9,14,19H,10-13,15-16H2,1-2H3,(H,29,31). The van der Waals surface area contributed by atoms with Crippen LogP contribution < -0.4 is 5.32 Å². The number of hydrogen-bond donors (Lipinski definition) is 1. The molecule has 2 aliphatic heterocycles. The monoisotopic (exact) mass is 444 g/mol. The Morgan fingerprint density at radius 1 is 0.970 bits per heavy atom. The van der Waals surface area contributed by atoms with Crippen molar-refractivity contribution in [3.63, 3.8) is 0 Å². The Balaban J connectivity index is 1.26. The molecule has 7 heteroatoms. The molecular weight excluding hydrogens is 416 g/mol. The molecule has 0 aliphatic carbocycles. The Morgan fingerprint density at radius 2 is 1.64 bits per heavy atom. The van der Waals surface area contributed by atoms with Gasteiger partial charge in [-0.05, 0) is 50.5 Å². The molecule has 0 atom stereocenters. The molecule has 2 amide bonds. The lowest BCUT2D eigenvalue weighted by atomic mass is 9.72. The molecule has 0 bridgehead atoms. The summed E-state index contributed by atoms with van der Waals surface area (Å²) in [5.41, 5.74) is 4.50. The second-order valence-corrected chi connectivity index (χ2v) is 9.05. The van der Waals surface area contributed by atoms with Crippen LogP contribution in [-0.2, 0) is 19.7 Å². The van der Waals surface area contributed by atoms with E-state index in [1.807, 2.05) is 67.3 Å². The average Bonchev–Trinajstić information content (AvgIpc) is 2.80. The lowest BCUT2D eigenvalue weighted by Gasteiger charge is -2.46. The van der Waals surface area contributed by atoms with Crippen LogP contribution in [0.4, 0.5) is 5.69 Å². The first-order valence-electron chi connectivity index (χ1n) is 11.4. The van der Waals surface area contributed by atoms with Crippen LogP contribution in [0.3, 0.4) is 0 Å². The van der Waals surface area contributed by atoms with Crippen molar-refractivity contribution >= 4 is 28.5 Å². The van der Waals surface area contributed by atoms with Crippen LogP contribution in [0.5, 0.6) is 0 Å². The minimum Gasteiger partial charge on any atom is -0.381 e. The van der Waals surface area contributed by atoms with E-state index in [-0.39, 0.29) is 17.7 Å². The van der Waals surface area contributed by atoms with Crippen molar-refractivity contribution < 1.29 is 14.3 Å². The van der Waals surface area contributed by atoms with Crippen molar-refractivity contribution in [1.82, 2.24) is 14.9 Å². The summed E-state index contributed by atoms with van der Waals surface area (Å²) in [6.07, 6.45) is 1.33. The number of amides is 2. The Hall–Kier alpha value is -3.32. The third kappa shape index (κ3) is 3.97. The van der Waals surface area contributed by atoms with E-state index in [9.17, 15) is 9.59 Å². The molecule has 3 aromatic rings. The van der Waals surface area contributed by atoms with Crippen LogP contribution in [0.25, 0.3) is 11.0 Å². The smallest absolute Gasteiger partial charge is 0.233 e. The zero-order valence-electron chi connectivity index (χ0n) is 19.0. The Kier molecular flexibility index (Phi) is 5.58. The number of rotatable bonds is 4. The first kappa shape index (κ1) is 21.5. The molecule has 2 saturated heterocycles. The molecule has 5 rings (SSSR count). The average molecular weight is 445 g/mol. The van der Waals surface area contributed by atoms with Gasteiger partial charge in [0.2, 0.25) is 11.8 Å². The topological polar surface area (TPSA) is 84.4 Å². The maximum atomic E-state index is 13.6. The highest BCUT2D eigenvalue weighted by molar-refractivity contribution is 5.97. The summed E-state index contributed by atoms with van der Waals surface area (Å²) in [7, 11) is 0. The summed E-state index contributed by atoms with van der Waals surface area (Å²) < 4.78 is 5.55. The molecule has 0 spiro atoms. The van der Waals surface area contributed by atoms with Crippen molar-refractivity contribution in [2.75, 3.05) is 31.6 Å². The van der Waals surface area contributed by atoms with Crippen molar-refractivity contribution in [2.45, 2.75) is 32.1 Å². The third-order valence-corrected chi connectivity index (χ3v) is 6.96. The fraction of sp³-hybridized carbons (Fsp3) is 0.385. The van der Waals surface area contributed by atoms with Gasteiger partial charge in [-0.15, -0.1) is 0 Å². The minimum atomic E-state index is -0.562. The molecule has 0 saturated carbocycles. The van der Waals surface area contributed by atoms with E-state index in [1.165, 1.54) is 0 Å². The largest absolute Gasteiger partial charge is 0.381 e. The predicted molar refractivity (Wildman–Crippen MR) is 126 cm³/mol. The zero-order valence-corrected chi connectivity index (χ0v) is 19.0. The molecule has 2 fully saturated rings. The molecule has 3 heterocycles. The molecule has 2 aromatic carbocycles. The van der Waals surface area contributed by atoms with Crippen LogP contribution in [0.2, 0.25) is 0 Å². The number of carbonyl (C=O) groups excluding carboxylic acids is 2. The van der Waals surface area contributed by atoms with Gasteiger partial charge >= 0.3 is 0 Å². The molecule has 33 heavy (non-hydrogen) atoms. The molecule has 2 aliphatic rings. The first-order valence-corrected chi connectivity index (χ1v) is 11.4. The van der Waals surface area contributed by atoms with Crippen molar-refractivity contribution in [2.24, 2.45) is 5.92 Å². The van der Waals surface area contributed by atoms with Gasteiger partial charge in [0.1, 0.15) is 0 Å². The van der Waals surface area contributed by atoms with Gasteiger partial charge in [0, 0.05) is 32.0 Å². The molecule has 170 valence electrons. The van der Waals surface area contributed by atoms with Gasteiger partial charge in [0.05, 0.1) is 33.8 Å². The number of hydrogen-bond acceptors (Lipinski definition) is 5. The summed E-state index contributed by atoms with van der Waals surface area (Å²) in [5, 5.41) is 2.99.